The molecular formula is C14H20ClN3O2. The van der Waals surface area contributed by atoms with Gasteiger partial charge in [0, 0.05) is 20.6 Å². The number of halogens is 1. The van der Waals surface area contributed by atoms with Crippen molar-refractivity contribution in [1.82, 2.24) is 10.2 Å². The number of aryl methyl sites for hydroxylation is 1. The Labute approximate surface area is 124 Å². The maximum atomic E-state index is 12.0. The first kappa shape index (κ1) is 16.3. The number of carbonyl (C=O) groups is 2. The van der Waals surface area contributed by atoms with E-state index in [1.54, 1.807) is 27.1 Å². The molecule has 6 heteroatoms. The van der Waals surface area contributed by atoms with Gasteiger partial charge in [0.2, 0.25) is 5.91 Å². The Morgan fingerprint density at radius 3 is 2.65 bits per heavy atom. The highest BCUT2D eigenvalue weighted by Crippen LogP contribution is 2.25. The summed E-state index contributed by atoms with van der Waals surface area (Å²) in [5.41, 5.74) is 1.46. The van der Waals surface area contributed by atoms with Crippen LogP contribution in [0.15, 0.2) is 18.2 Å². The highest BCUT2D eigenvalue weighted by molar-refractivity contribution is 6.34. The van der Waals surface area contributed by atoms with Crippen LogP contribution in [0.2, 0.25) is 5.02 Å². The van der Waals surface area contributed by atoms with Crippen molar-refractivity contribution in [2.75, 3.05) is 26.0 Å². The number of carbonyl (C=O) groups excluding carboxylic acids is 2. The Morgan fingerprint density at radius 1 is 1.40 bits per heavy atom. The van der Waals surface area contributed by atoms with E-state index < -0.39 is 0 Å². The second-order valence-electron chi connectivity index (χ2n) is 4.76. The summed E-state index contributed by atoms with van der Waals surface area (Å²) in [7, 11) is 3.21. The zero-order valence-electron chi connectivity index (χ0n) is 12.2. The molecule has 0 fully saturated rings. The minimum Gasteiger partial charge on any atom is -0.359 e. The molecule has 5 nitrogen and oxygen atoms in total. The number of benzene rings is 1. The molecule has 0 spiro atoms. The van der Waals surface area contributed by atoms with Crippen molar-refractivity contribution < 1.29 is 9.59 Å². The lowest BCUT2D eigenvalue weighted by Crippen LogP contribution is -2.39. The molecule has 0 saturated heterocycles. The number of rotatable bonds is 4. The summed E-state index contributed by atoms with van der Waals surface area (Å²) in [6.07, 6.45) is 0. The van der Waals surface area contributed by atoms with Crippen molar-refractivity contribution in [2.24, 2.45) is 5.92 Å². The SMILES string of the molecule is CNC(=O)C(C)CN(C)C(=O)Nc1cccc(C)c1Cl. The van der Waals surface area contributed by atoms with Gasteiger partial charge in [-0.05, 0) is 18.6 Å². The van der Waals surface area contributed by atoms with Crippen molar-refractivity contribution in [3.05, 3.63) is 28.8 Å². The van der Waals surface area contributed by atoms with E-state index in [1.807, 2.05) is 19.1 Å². The number of nitrogens with zero attached hydrogens (tertiary/aromatic N) is 1. The van der Waals surface area contributed by atoms with Crippen molar-refractivity contribution >= 4 is 29.2 Å². The molecule has 0 heterocycles. The minimum atomic E-state index is -0.298. The van der Waals surface area contributed by atoms with Crippen LogP contribution in [0.25, 0.3) is 0 Å². The topological polar surface area (TPSA) is 61.4 Å². The summed E-state index contributed by atoms with van der Waals surface area (Å²) in [5, 5.41) is 5.82. The van der Waals surface area contributed by atoms with Gasteiger partial charge in [-0.2, -0.15) is 0 Å². The predicted molar refractivity (Wildman–Crippen MR) is 81.1 cm³/mol. The molecule has 1 unspecified atom stereocenters. The highest BCUT2D eigenvalue weighted by atomic mass is 35.5. The van der Waals surface area contributed by atoms with E-state index in [0.717, 1.165) is 5.56 Å². The Hall–Kier alpha value is -1.75. The molecule has 3 amide bonds. The number of nitrogens with one attached hydrogen (secondary N) is 2. The number of amides is 3. The molecule has 1 aromatic rings. The third-order valence-corrected chi connectivity index (χ3v) is 3.52. The van der Waals surface area contributed by atoms with E-state index in [0.29, 0.717) is 17.3 Å². The van der Waals surface area contributed by atoms with Gasteiger partial charge in [0.15, 0.2) is 0 Å². The lowest BCUT2D eigenvalue weighted by molar-refractivity contribution is -0.124. The Kier molecular flexibility index (Phi) is 5.82. The van der Waals surface area contributed by atoms with Crippen LogP contribution in [0.4, 0.5) is 10.5 Å². The third-order valence-electron chi connectivity index (χ3n) is 3.02. The monoisotopic (exact) mass is 297 g/mol. The van der Waals surface area contributed by atoms with Gasteiger partial charge in [0.1, 0.15) is 0 Å². The van der Waals surface area contributed by atoms with Crippen LogP contribution in [-0.4, -0.2) is 37.5 Å². The lowest BCUT2D eigenvalue weighted by atomic mass is 10.1. The van der Waals surface area contributed by atoms with E-state index in [-0.39, 0.29) is 17.9 Å². The molecule has 0 bridgehead atoms. The van der Waals surface area contributed by atoms with Gasteiger partial charge >= 0.3 is 6.03 Å². The third kappa shape index (κ3) is 4.13. The first-order chi connectivity index (χ1) is 9.36. The van der Waals surface area contributed by atoms with E-state index >= 15 is 0 Å². The van der Waals surface area contributed by atoms with Crippen LogP contribution in [0, 0.1) is 12.8 Å². The first-order valence-corrected chi connectivity index (χ1v) is 6.73. The fourth-order valence-corrected chi connectivity index (χ4v) is 1.95. The Bertz CT molecular complexity index is 505. The molecule has 1 rings (SSSR count). The van der Waals surface area contributed by atoms with Gasteiger partial charge in [0.25, 0.3) is 0 Å². The average Bonchev–Trinajstić information content (AvgIpc) is 2.42. The maximum Gasteiger partial charge on any atom is 0.321 e. The summed E-state index contributed by atoms with van der Waals surface area (Å²) in [6.45, 7) is 3.96. The summed E-state index contributed by atoms with van der Waals surface area (Å²) < 4.78 is 0. The largest absolute Gasteiger partial charge is 0.359 e. The van der Waals surface area contributed by atoms with Gasteiger partial charge in [-0.15, -0.1) is 0 Å². The fraction of sp³-hybridized carbons (Fsp3) is 0.429. The normalized spacial score (nSPS) is 11.7. The average molecular weight is 298 g/mol. The standard InChI is InChI=1S/C14H20ClN3O2/c1-9-6-5-7-11(12(9)15)17-14(20)18(4)8-10(2)13(19)16-3/h5-7,10H,8H2,1-4H3,(H,16,19)(H,17,20). The Morgan fingerprint density at radius 2 is 2.05 bits per heavy atom. The second kappa shape index (κ2) is 7.14. The van der Waals surface area contributed by atoms with Gasteiger partial charge in [-0.3, -0.25) is 4.79 Å². The van der Waals surface area contributed by atoms with Gasteiger partial charge in [-0.25, -0.2) is 4.79 Å². The Balaban J connectivity index is 2.66. The summed E-state index contributed by atoms with van der Waals surface area (Å²) >= 11 is 6.12. The van der Waals surface area contributed by atoms with E-state index in [9.17, 15) is 9.59 Å². The molecule has 0 aliphatic rings. The number of hydrogen-bond acceptors (Lipinski definition) is 2. The molecule has 0 saturated carbocycles. The van der Waals surface area contributed by atoms with Crippen molar-refractivity contribution in [3.63, 3.8) is 0 Å². The second-order valence-corrected chi connectivity index (χ2v) is 5.14. The smallest absolute Gasteiger partial charge is 0.321 e. The van der Waals surface area contributed by atoms with E-state index in [1.165, 1.54) is 4.90 Å². The first-order valence-electron chi connectivity index (χ1n) is 6.35. The lowest BCUT2D eigenvalue weighted by Gasteiger charge is -2.21. The molecule has 0 aliphatic heterocycles. The van der Waals surface area contributed by atoms with E-state index in [2.05, 4.69) is 10.6 Å². The molecule has 1 atom stereocenters. The molecular weight excluding hydrogens is 278 g/mol. The fourth-order valence-electron chi connectivity index (χ4n) is 1.78. The molecule has 1 aromatic carbocycles. The summed E-state index contributed by atoms with van der Waals surface area (Å²) in [5.74, 6) is -0.373. The van der Waals surface area contributed by atoms with Gasteiger partial charge in [0.05, 0.1) is 16.6 Å². The molecule has 0 aromatic heterocycles. The zero-order valence-corrected chi connectivity index (χ0v) is 12.9. The van der Waals surface area contributed by atoms with E-state index in [4.69, 9.17) is 11.6 Å². The van der Waals surface area contributed by atoms with Crippen LogP contribution in [-0.2, 0) is 4.79 Å². The molecule has 0 radical (unpaired) electrons. The van der Waals surface area contributed by atoms with Crippen LogP contribution in [0.5, 0.6) is 0 Å². The van der Waals surface area contributed by atoms with Crippen LogP contribution >= 0.6 is 11.6 Å². The minimum absolute atomic E-state index is 0.0989. The number of urea groups is 1. The molecule has 0 aliphatic carbocycles. The maximum absolute atomic E-state index is 12.0. The zero-order chi connectivity index (χ0) is 15.3. The summed E-state index contributed by atoms with van der Waals surface area (Å²) in [6, 6.07) is 5.14. The van der Waals surface area contributed by atoms with Crippen LogP contribution < -0.4 is 10.6 Å². The predicted octanol–water partition coefficient (Wildman–Crippen LogP) is 2.49. The van der Waals surface area contributed by atoms with Gasteiger partial charge < -0.3 is 15.5 Å². The van der Waals surface area contributed by atoms with Crippen molar-refractivity contribution in [3.8, 4) is 0 Å². The molecule has 2 N–H and O–H groups in total. The number of hydrogen-bond donors (Lipinski definition) is 2. The van der Waals surface area contributed by atoms with Gasteiger partial charge in [-0.1, -0.05) is 30.7 Å². The van der Waals surface area contributed by atoms with Crippen molar-refractivity contribution in [2.45, 2.75) is 13.8 Å². The highest BCUT2D eigenvalue weighted by Gasteiger charge is 2.18. The van der Waals surface area contributed by atoms with Crippen LogP contribution in [0.1, 0.15) is 12.5 Å². The number of anilines is 1. The van der Waals surface area contributed by atoms with Crippen LogP contribution in [0.3, 0.4) is 0 Å². The molecule has 20 heavy (non-hydrogen) atoms. The van der Waals surface area contributed by atoms with Crippen molar-refractivity contribution in [1.29, 1.82) is 0 Å². The molecule has 110 valence electrons. The summed E-state index contributed by atoms with van der Waals surface area (Å²) in [4.78, 5) is 24.9. The quantitative estimate of drug-likeness (QED) is 0.897.